The molecule has 6 nitrogen and oxygen atoms in total. The van der Waals surface area contributed by atoms with Crippen LogP contribution in [0.1, 0.15) is 5.56 Å². The Bertz CT molecular complexity index is 783. The number of ether oxygens (including phenoxy) is 3. The molecule has 0 aromatic heterocycles. The van der Waals surface area contributed by atoms with Crippen molar-refractivity contribution in [3.63, 3.8) is 0 Å². The molecule has 1 amide bonds. The van der Waals surface area contributed by atoms with E-state index < -0.39 is 11.7 Å². The smallest absolute Gasteiger partial charge is 0.277 e. The van der Waals surface area contributed by atoms with E-state index in [0.717, 1.165) is 0 Å². The van der Waals surface area contributed by atoms with Crippen molar-refractivity contribution in [2.24, 2.45) is 5.10 Å². The van der Waals surface area contributed by atoms with E-state index in [-0.39, 0.29) is 12.4 Å². The maximum absolute atomic E-state index is 13.4. The van der Waals surface area contributed by atoms with Gasteiger partial charge in [-0.3, -0.25) is 4.79 Å². The Labute approximate surface area is 149 Å². The van der Waals surface area contributed by atoms with Gasteiger partial charge in [-0.2, -0.15) is 5.10 Å². The van der Waals surface area contributed by atoms with Crippen molar-refractivity contribution in [1.29, 1.82) is 0 Å². The molecule has 0 radical (unpaired) electrons. The summed E-state index contributed by atoms with van der Waals surface area (Å²) in [5.74, 6) is -0.243. The van der Waals surface area contributed by atoms with Gasteiger partial charge in [-0.25, -0.2) is 9.82 Å². The minimum absolute atomic E-state index is 0.00620. The van der Waals surface area contributed by atoms with Gasteiger partial charge < -0.3 is 14.2 Å². The molecule has 0 fully saturated rings. The van der Waals surface area contributed by atoms with Crippen LogP contribution in [0.2, 0.25) is 5.02 Å². The number of para-hydroxylation sites is 1. The second-order valence-electron chi connectivity index (χ2n) is 4.75. The Hall–Kier alpha value is -2.80. The Morgan fingerprint density at radius 3 is 2.68 bits per heavy atom. The molecule has 0 spiro atoms. The van der Waals surface area contributed by atoms with E-state index in [4.69, 9.17) is 25.8 Å². The fourth-order valence-corrected chi connectivity index (χ4v) is 2.22. The number of hydrogen-bond donors (Lipinski definition) is 1. The van der Waals surface area contributed by atoms with Crippen LogP contribution in [-0.4, -0.2) is 32.9 Å². The highest BCUT2D eigenvalue weighted by atomic mass is 35.5. The summed E-state index contributed by atoms with van der Waals surface area (Å²) < 4.78 is 28.7. The molecule has 0 bridgehead atoms. The number of benzene rings is 2. The monoisotopic (exact) mass is 366 g/mol. The zero-order chi connectivity index (χ0) is 18.2. The zero-order valence-corrected chi connectivity index (χ0v) is 14.3. The Morgan fingerprint density at radius 2 is 2.00 bits per heavy atom. The van der Waals surface area contributed by atoms with E-state index in [1.165, 1.54) is 38.6 Å². The average Bonchev–Trinajstić information content (AvgIpc) is 2.60. The molecule has 0 aliphatic carbocycles. The maximum atomic E-state index is 13.4. The van der Waals surface area contributed by atoms with Gasteiger partial charge in [-0.1, -0.05) is 23.7 Å². The number of rotatable bonds is 7. The van der Waals surface area contributed by atoms with E-state index in [1.807, 2.05) is 0 Å². The number of nitrogens with zero attached hydrogens (tertiary/aromatic N) is 1. The molecule has 132 valence electrons. The van der Waals surface area contributed by atoms with E-state index >= 15 is 0 Å². The number of carbonyl (C=O) groups excluding carboxylic acids is 1. The summed E-state index contributed by atoms with van der Waals surface area (Å²) in [5, 5.41) is 4.14. The molecule has 2 aromatic carbocycles. The highest BCUT2D eigenvalue weighted by molar-refractivity contribution is 6.32. The minimum Gasteiger partial charge on any atom is -0.493 e. The number of hydrazone groups is 1. The van der Waals surface area contributed by atoms with Crippen LogP contribution in [-0.2, 0) is 4.79 Å². The van der Waals surface area contributed by atoms with Gasteiger partial charge in [0, 0.05) is 0 Å². The van der Waals surface area contributed by atoms with Crippen LogP contribution < -0.4 is 19.6 Å². The van der Waals surface area contributed by atoms with Gasteiger partial charge in [-0.05, 0) is 29.8 Å². The molecule has 8 heteroatoms. The molecule has 25 heavy (non-hydrogen) atoms. The van der Waals surface area contributed by atoms with Crippen molar-refractivity contribution < 1.29 is 23.4 Å². The maximum Gasteiger partial charge on any atom is 0.277 e. The van der Waals surface area contributed by atoms with E-state index in [9.17, 15) is 9.18 Å². The van der Waals surface area contributed by atoms with E-state index in [2.05, 4.69) is 10.5 Å². The Balaban J connectivity index is 1.93. The van der Waals surface area contributed by atoms with E-state index in [1.54, 1.807) is 18.2 Å². The fraction of sp³-hybridized carbons (Fsp3) is 0.176. The SMILES string of the molecule is COc1cc(/C=N/NC(=O)COc2ccccc2F)cc(Cl)c1OC. The molecular weight excluding hydrogens is 351 g/mol. The first-order valence-corrected chi connectivity index (χ1v) is 7.53. The third kappa shape index (κ3) is 5.09. The minimum atomic E-state index is -0.543. The molecule has 1 N–H and O–H groups in total. The first kappa shape index (κ1) is 18.5. The number of methoxy groups -OCH3 is 2. The van der Waals surface area contributed by atoms with Crippen molar-refractivity contribution in [1.82, 2.24) is 5.43 Å². The summed E-state index contributed by atoms with van der Waals surface area (Å²) in [6, 6.07) is 9.06. The predicted octanol–water partition coefficient (Wildman–Crippen LogP) is 3.03. The fourth-order valence-electron chi connectivity index (χ4n) is 1.93. The topological polar surface area (TPSA) is 69.2 Å². The number of halogens is 2. The largest absolute Gasteiger partial charge is 0.493 e. The lowest BCUT2D eigenvalue weighted by Gasteiger charge is -2.10. The molecule has 2 aromatic rings. The highest BCUT2D eigenvalue weighted by Gasteiger charge is 2.10. The average molecular weight is 367 g/mol. The standard InChI is InChI=1S/C17H16ClFN2O4/c1-23-15-8-11(7-12(18)17(15)24-2)9-20-21-16(22)10-25-14-6-4-3-5-13(14)19/h3-9H,10H2,1-2H3,(H,21,22)/b20-9+. The molecule has 2 rings (SSSR count). The van der Waals surface area contributed by atoms with E-state index in [0.29, 0.717) is 22.1 Å². The molecule has 0 aliphatic rings. The lowest BCUT2D eigenvalue weighted by molar-refractivity contribution is -0.123. The summed E-state index contributed by atoms with van der Waals surface area (Å²) in [5.41, 5.74) is 2.87. The van der Waals surface area contributed by atoms with Crippen molar-refractivity contribution in [2.45, 2.75) is 0 Å². The van der Waals surface area contributed by atoms with Gasteiger partial charge in [0.2, 0.25) is 0 Å². The third-order valence-electron chi connectivity index (χ3n) is 3.05. The van der Waals surface area contributed by atoms with Crippen LogP contribution in [0.15, 0.2) is 41.5 Å². The van der Waals surface area contributed by atoms with Gasteiger partial charge >= 0.3 is 0 Å². The quantitative estimate of drug-likeness (QED) is 0.604. The first-order valence-electron chi connectivity index (χ1n) is 7.16. The Morgan fingerprint density at radius 1 is 1.24 bits per heavy atom. The van der Waals surface area contributed by atoms with Gasteiger partial charge in [-0.15, -0.1) is 0 Å². The van der Waals surface area contributed by atoms with Gasteiger partial charge in [0.15, 0.2) is 29.7 Å². The third-order valence-corrected chi connectivity index (χ3v) is 3.33. The van der Waals surface area contributed by atoms with Crippen LogP contribution in [0, 0.1) is 5.82 Å². The predicted molar refractivity (Wildman–Crippen MR) is 92.2 cm³/mol. The molecule has 0 unspecified atom stereocenters. The molecular formula is C17H16ClFN2O4. The summed E-state index contributed by atoms with van der Waals surface area (Å²) in [4.78, 5) is 11.7. The molecule has 0 heterocycles. The van der Waals surface area contributed by atoms with Crippen LogP contribution in [0.3, 0.4) is 0 Å². The number of amides is 1. The number of nitrogens with one attached hydrogen (secondary N) is 1. The first-order chi connectivity index (χ1) is 12.0. The van der Waals surface area contributed by atoms with Crippen LogP contribution in [0.4, 0.5) is 4.39 Å². The van der Waals surface area contributed by atoms with Crippen molar-refractivity contribution >= 4 is 23.7 Å². The summed E-state index contributed by atoms with van der Waals surface area (Å²) in [6.45, 7) is -0.370. The van der Waals surface area contributed by atoms with Crippen LogP contribution >= 0.6 is 11.6 Å². The van der Waals surface area contributed by atoms with Gasteiger partial charge in [0.25, 0.3) is 5.91 Å². The summed E-state index contributed by atoms with van der Waals surface area (Å²) >= 11 is 6.08. The van der Waals surface area contributed by atoms with Crippen LogP contribution in [0.5, 0.6) is 17.2 Å². The molecule has 0 saturated heterocycles. The highest BCUT2D eigenvalue weighted by Crippen LogP contribution is 2.35. The summed E-state index contributed by atoms with van der Waals surface area (Å²) in [6.07, 6.45) is 1.38. The normalized spacial score (nSPS) is 10.6. The van der Waals surface area contributed by atoms with Gasteiger partial charge in [0.05, 0.1) is 25.5 Å². The second kappa shape index (κ2) is 8.89. The summed E-state index contributed by atoms with van der Waals surface area (Å²) in [7, 11) is 2.96. The number of hydrogen-bond acceptors (Lipinski definition) is 5. The van der Waals surface area contributed by atoms with Crippen LogP contribution in [0.25, 0.3) is 0 Å². The molecule has 0 aliphatic heterocycles. The zero-order valence-electron chi connectivity index (χ0n) is 13.6. The Kier molecular flexibility index (Phi) is 6.59. The molecule has 0 atom stereocenters. The lowest BCUT2D eigenvalue weighted by atomic mass is 10.2. The van der Waals surface area contributed by atoms with Crippen molar-refractivity contribution in [3.05, 3.63) is 52.8 Å². The van der Waals surface area contributed by atoms with Gasteiger partial charge in [0.1, 0.15) is 0 Å². The second-order valence-corrected chi connectivity index (χ2v) is 5.16. The van der Waals surface area contributed by atoms with Crippen molar-refractivity contribution in [3.8, 4) is 17.2 Å². The van der Waals surface area contributed by atoms with Crippen molar-refractivity contribution in [2.75, 3.05) is 20.8 Å². The lowest BCUT2D eigenvalue weighted by Crippen LogP contribution is -2.24. The number of carbonyl (C=O) groups is 1. The molecule has 0 saturated carbocycles.